The van der Waals surface area contributed by atoms with Gasteiger partial charge in [0.1, 0.15) is 13.2 Å². The largest absolute Gasteiger partial charge is 0.362 e. The molecule has 0 spiro atoms. The van der Waals surface area contributed by atoms with Crippen molar-refractivity contribution in [1.29, 1.82) is 0 Å². The lowest BCUT2D eigenvalue weighted by atomic mass is 10.0. The highest BCUT2D eigenvalue weighted by Crippen LogP contribution is 2.16. The zero-order chi connectivity index (χ0) is 13.7. The van der Waals surface area contributed by atoms with Crippen molar-refractivity contribution in [3.63, 3.8) is 0 Å². The molecule has 1 aromatic heterocycles. The zero-order valence-corrected chi connectivity index (χ0v) is 11.2. The number of nitrogens with zero attached hydrogens (tertiary/aromatic N) is 3. The predicted molar refractivity (Wildman–Crippen MR) is 67.1 cm³/mol. The van der Waals surface area contributed by atoms with E-state index in [1.165, 1.54) is 0 Å². The summed E-state index contributed by atoms with van der Waals surface area (Å²) in [6, 6.07) is 0.149. The summed E-state index contributed by atoms with van der Waals surface area (Å²) < 4.78 is 10.2. The maximum Gasteiger partial charge on any atom is 0.252 e. The number of likely N-dealkylation sites (tertiary alicyclic amines) is 1. The van der Waals surface area contributed by atoms with E-state index in [0.29, 0.717) is 18.3 Å². The summed E-state index contributed by atoms with van der Waals surface area (Å²) in [4.78, 5) is 17.9. The monoisotopic (exact) mass is 268 g/mol. The molecule has 7 heteroatoms. The van der Waals surface area contributed by atoms with Crippen LogP contribution in [0.2, 0.25) is 0 Å². The van der Waals surface area contributed by atoms with Crippen LogP contribution in [-0.2, 0) is 16.1 Å². The van der Waals surface area contributed by atoms with Gasteiger partial charge in [0.15, 0.2) is 5.82 Å². The van der Waals surface area contributed by atoms with E-state index in [0.717, 1.165) is 25.8 Å². The number of aryl methyl sites for hydroxylation is 1. The van der Waals surface area contributed by atoms with E-state index >= 15 is 0 Å². The first kappa shape index (κ1) is 14.0. The second-order valence-electron chi connectivity index (χ2n) is 4.70. The molecular weight excluding hydrogens is 248 g/mol. The second-order valence-corrected chi connectivity index (χ2v) is 4.70. The first-order valence-electron chi connectivity index (χ1n) is 6.57. The quantitative estimate of drug-likeness (QED) is 0.821. The molecule has 0 saturated carbocycles. The van der Waals surface area contributed by atoms with E-state index in [2.05, 4.69) is 10.1 Å². The van der Waals surface area contributed by atoms with Crippen LogP contribution in [0.3, 0.4) is 0 Å². The third-order valence-corrected chi connectivity index (χ3v) is 3.24. The average molecular weight is 268 g/mol. The van der Waals surface area contributed by atoms with Crippen molar-refractivity contribution in [3.05, 3.63) is 11.7 Å². The Balaban J connectivity index is 1.77. The van der Waals surface area contributed by atoms with E-state index in [9.17, 15) is 4.79 Å². The van der Waals surface area contributed by atoms with E-state index in [-0.39, 0.29) is 25.2 Å². The van der Waals surface area contributed by atoms with Gasteiger partial charge in [0.2, 0.25) is 5.91 Å². The summed E-state index contributed by atoms with van der Waals surface area (Å²) in [5, 5.41) is 3.65. The third-order valence-electron chi connectivity index (χ3n) is 3.24. The van der Waals surface area contributed by atoms with Crippen molar-refractivity contribution in [2.24, 2.45) is 5.73 Å². The minimum Gasteiger partial charge on any atom is -0.362 e. The molecule has 1 fully saturated rings. The van der Waals surface area contributed by atoms with E-state index < -0.39 is 0 Å². The van der Waals surface area contributed by atoms with Crippen LogP contribution in [0.5, 0.6) is 0 Å². The van der Waals surface area contributed by atoms with E-state index in [1.807, 2.05) is 4.90 Å². The molecule has 19 heavy (non-hydrogen) atoms. The van der Waals surface area contributed by atoms with Crippen LogP contribution in [0.15, 0.2) is 4.52 Å². The first-order valence-corrected chi connectivity index (χ1v) is 6.57. The summed E-state index contributed by atoms with van der Waals surface area (Å²) in [5.41, 5.74) is 5.69. The van der Waals surface area contributed by atoms with Crippen molar-refractivity contribution in [3.8, 4) is 0 Å². The SMILES string of the molecule is Cc1noc(COCC(=O)N2CCCC[C@@H]2CN)n1. The molecule has 0 radical (unpaired) electrons. The third kappa shape index (κ3) is 3.74. The molecule has 1 saturated heterocycles. The Morgan fingerprint density at radius 2 is 2.42 bits per heavy atom. The maximum absolute atomic E-state index is 12.0. The van der Waals surface area contributed by atoms with Gasteiger partial charge in [-0.25, -0.2) is 0 Å². The number of carbonyl (C=O) groups excluding carboxylic acids is 1. The molecule has 106 valence electrons. The van der Waals surface area contributed by atoms with Crippen molar-refractivity contribution in [1.82, 2.24) is 15.0 Å². The lowest BCUT2D eigenvalue weighted by molar-refractivity contribution is -0.140. The van der Waals surface area contributed by atoms with E-state index in [4.69, 9.17) is 15.0 Å². The van der Waals surface area contributed by atoms with Gasteiger partial charge >= 0.3 is 0 Å². The molecule has 1 amide bonds. The molecular formula is C12H20N4O3. The zero-order valence-electron chi connectivity index (χ0n) is 11.2. The van der Waals surface area contributed by atoms with Gasteiger partial charge in [-0.3, -0.25) is 4.79 Å². The topological polar surface area (TPSA) is 94.5 Å². The Kier molecular flexibility index (Phi) is 4.86. The van der Waals surface area contributed by atoms with Crippen molar-refractivity contribution in [2.75, 3.05) is 19.7 Å². The minimum absolute atomic E-state index is 0.0219. The Hall–Kier alpha value is -1.47. The van der Waals surface area contributed by atoms with Crippen LogP contribution in [0.25, 0.3) is 0 Å². The van der Waals surface area contributed by atoms with Crippen LogP contribution in [0, 0.1) is 6.92 Å². The molecule has 0 bridgehead atoms. The van der Waals surface area contributed by atoms with Crippen molar-refractivity contribution >= 4 is 5.91 Å². The fraction of sp³-hybridized carbons (Fsp3) is 0.750. The smallest absolute Gasteiger partial charge is 0.252 e. The van der Waals surface area contributed by atoms with Gasteiger partial charge in [0.25, 0.3) is 5.89 Å². The molecule has 2 heterocycles. The van der Waals surface area contributed by atoms with Crippen LogP contribution >= 0.6 is 0 Å². The summed E-state index contributed by atoms with van der Waals surface area (Å²) in [7, 11) is 0. The Labute approximate surface area is 112 Å². The van der Waals surface area contributed by atoms with Gasteiger partial charge in [0.05, 0.1) is 0 Å². The molecule has 1 aliphatic heterocycles. The number of rotatable bonds is 5. The molecule has 2 rings (SSSR count). The Bertz CT molecular complexity index is 421. The lowest BCUT2D eigenvalue weighted by Crippen LogP contribution is -2.48. The number of piperidine rings is 1. The van der Waals surface area contributed by atoms with Crippen LogP contribution in [0.4, 0.5) is 0 Å². The number of carbonyl (C=O) groups is 1. The van der Waals surface area contributed by atoms with Gasteiger partial charge in [0, 0.05) is 19.1 Å². The lowest BCUT2D eigenvalue weighted by Gasteiger charge is -2.34. The molecule has 1 atom stereocenters. The molecule has 1 aromatic rings. The van der Waals surface area contributed by atoms with Crippen LogP contribution in [0.1, 0.15) is 31.0 Å². The van der Waals surface area contributed by atoms with Gasteiger partial charge in [-0.1, -0.05) is 5.16 Å². The highest BCUT2D eigenvalue weighted by molar-refractivity contribution is 5.77. The summed E-state index contributed by atoms with van der Waals surface area (Å²) in [5.74, 6) is 0.926. The fourth-order valence-electron chi connectivity index (χ4n) is 2.28. The highest BCUT2D eigenvalue weighted by Gasteiger charge is 2.25. The molecule has 0 unspecified atom stereocenters. The highest BCUT2D eigenvalue weighted by atomic mass is 16.5. The fourth-order valence-corrected chi connectivity index (χ4v) is 2.28. The minimum atomic E-state index is -0.0219. The molecule has 1 aliphatic rings. The molecule has 0 aromatic carbocycles. The standard InChI is InChI=1S/C12H20N4O3/c1-9-14-11(19-15-9)7-18-8-12(17)16-5-3-2-4-10(16)6-13/h10H,2-8,13H2,1H3/t10-/m1/s1. The Morgan fingerprint density at radius 3 is 3.11 bits per heavy atom. The molecule has 0 aliphatic carbocycles. The molecule has 2 N–H and O–H groups in total. The average Bonchev–Trinajstić information content (AvgIpc) is 2.84. The summed E-state index contributed by atoms with van der Waals surface area (Å²) in [6.45, 7) is 3.20. The number of hydrogen-bond donors (Lipinski definition) is 1. The van der Waals surface area contributed by atoms with Gasteiger partial charge < -0.3 is 19.9 Å². The number of nitrogens with two attached hydrogens (primary N) is 1. The van der Waals surface area contributed by atoms with Gasteiger partial charge in [-0.15, -0.1) is 0 Å². The van der Waals surface area contributed by atoms with Gasteiger partial charge in [-0.05, 0) is 26.2 Å². The second kappa shape index (κ2) is 6.63. The van der Waals surface area contributed by atoms with Crippen molar-refractivity contribution < 1.29 is 14.1 Å². The van der Waals surface area contributed by atoms with E-state index in [1.54, 1.807) is 6.92 Å². The number of hydrogen-bond acceptors (Lipinski definition) is 6. The molecule has 7 nitrogen and oxygen atoms in total. The number of ether oxygens (including phenoxy) is 1. The summed E-state index contributed by atoms with van der Waals surface area (Å²) in [6.07, 6.45) is 3.14. The van der Waals surface area contributed by atoms with Crippen LogP contribution < -0.4 is 5.73 Å². The normalized spacial score (nSPS) is 19.7. The van der Waals surface area contributed by atoms with Crippen LogP contribution in [-0.4, -0.2) is 46.7 Å². The summed E-state index contributed by atoms with van der Waals surface area (Å²) >= 11 is 0. The van der Waals surface area contributed by atoms with Crippen molar-refractivity contribution in [2.45, 2.75) is 38.8 Å². The predicted octanol–water partition coefficient (Wildman–Crippen LogP) is 0.234. The Morgan fingerprint density at radius 1 is 1.58 bits per heavy atom. The first-order chi connectivity index (χ1) is 9.20. The number of amides is 1. The number of aromatic nitrogens is 2. The maximum atomic E-state index is 12.0. The van der Waals surface area contributed by atoms with Gasteiger partial charge in [-0.2, -0.15) is 4.98 Å².